The summed E-state index contributed by atoms with van der Waals surface area (Å²) in [6, 6.07) is 4.23. The van der Waals surface area contributed by atoms with E-state index in [4.69, 9.17) is 9.15 Å². The fourth-order valence-electron chi connectivity index (χ4n) is 5.20. The van der Waals surface area contributed by atoms with E-state index in [9.17, 15) is 4.79 Å². The molecule has 0 radical (unpaired) electrons. The summed E-state index contributed by atoms with van der Waals surface area (Å²) < 4.78 is 12.4. The Bertz CT molecular complexity index is 649. The van der Waals surface area contributed by atoms with Gasteiger partial charge in [0.25, 0.3) is 0 Å². The Labute approximate surface area is 160 Å². The lowest BCUT2D eigenvalue weighted by Gasteiger charge is -2.29. The Morgan fingerprint density at radius 2 is 2.27 bits per heavy atom. The molecule has 1 spiro atoms. The first-order chi connectivity index (χ1) is 12.6. The SMILES string of the molecule is CCCc1ccc(CN2C[C@@H]3[C@H](CNC(=O)CSC)[C@H]4CC[C@]3(C2)O4)o1. The van der Waals surface area contributed by atoms with Gasteiger partial charge < -0.3 is 14.5 Å². The molecule has 1 aromatic rings. The second kappa shape index (κ2) is 7.56. The van der Waals surface area contributed by atoms with Crippen molar-refractivity contribution < 1.29 is 13.9 Å². The van der Waals surface area contributed by atoms with E-state index in [0.717, 1.165) is 63.4 Å². The maximum Gasteiger partial charge on any atom is 0.229 e. The van der Waals surface area contributed by atoms with Gasteiger partial charge in [0, 0.05) is 37.9 Å². The molecule has 2 bridgehead atoms. The molecule has 0 aromatic carbocycles. The Hall–Kier alpha value is -0.980. The monoisotopic (exact) mass is 378 g/mol. The fraction of sp³-hybridized carbons (Fsp3) is 0.750. The molecule has 3 saturated heterocycles. The van der Waals surface area contributed by atoms with Crippen molar-refractivity contribution in [2.75, 3.05) is 31.6 Å². The van der Waals surface area contributed by atoms with Crippen LogP contribution in [0.25, 0.3) is 0 Å². The molecule has 4 atom stereocenters. The van der Waals surface area contributed by atoms with Gasteiger partial charge in [-0.2, -0.15) is 11.8 Å². The molecule has 26 heavy (non-hydrogen) atoms. The number of hydrogen-bond donors (Lipinski definition) is 1. The molecule has 3 aliphatic heterocycles. The number of likely N-dealkylation sites (tertiary alicyclic amines) is 1. The topological polar surface area (TPSA) is 54.7 Å². The summed E-state index contributed by atoms with van der Waals surface area (Å²) in [5, 5.41) is 3.12. The van der Waals surface area contributed by atoms with Gasteiger partial charge in [0.2, 0.25) is 5.91 Å². The number of nitrogens with zero attached hydrogens (tertiary/aromatic N) is 1. The van der Waals surface area contributed by atoms with Crippen molar-refractivity contribution in [3.63, 3.8) is 0 Å². The lowest BCUT2D eigenvalue weighted by Crippen LogP contribution is -2.42. The van der Waals surface area contributed by atoms with Crippen LogP contribution in [0.4, 0.5) is 0 Å². The maximum absolute atomic E-state index is 11.9. The highest BCUT2D eigenvalue weighted by atomic mass is 32.2. The van der Waals surface area contributed by atoms with Gasteiger partial charge in [0.1, 0.15) is 11.5 Å². The molecular formula is C20H30N2O3S. The minimum Gasteiger partial charge on any atom is -0.465 e. The van der Waals surface area contributed by atoms with Crippen LogP contribution in [0.2, 0.25) is 0 Å². The zero-order valence-corrected chi connectivity index (χ0v) is 16.6. The lowest BCUT2D eigenvalue weighted by atomic mass is 9.73. The second-order valence-corrected chi connectivity index (χ2v) is 8.92. The maximum atomic E-state index is 11.9. The highest BCUT2D eigenvalue weighted by Crippen LogP contribution is 2.54. The van der Waals surface area contributed by atoms with Crippen molar-refractivity contribution in [2.24, 2.45) is 11.8 Å². The average molecular weight is 379 g/mol. The quantitative estimate of drug-likeness (QED) is 0.754. The molecule has 1 N–H and O–H groups in total. The number of amides is 1. The van der Waals surface area contributed by atoms with E-state index in [2.05, 4.69) is 29.3 Å². The average Bonchev–Trinajstić information content (AvgIpc) is 3.34. The van der Waals surface area contributed by atoms with Gasteiger partial charge in [-0.25, -0.2) is 0 Å². The fourth-order valence-corrected chi connectivity index (χ4v) is 5.57. The summed E-state index contributed by atoms with van der Waals surface area (Å²) >= 11 is 1.57. The number of fused-ring (bicyclic) bond motifs is 1. The molecule has 0 unspecified atom stereocenters. The van der Waals surface area contributed by atoms with Crippen molar-refractivity contribution in [3.8, 4) is 0 Å². The summed E-state index contributed by atoms with van der Waals surface area (Å²) in [7, 11) is 0. The van der Waals surface area contributed by atoms with Gasteiger partial charge in [0.15, 0.2) is 0 Å². The second-order valence-electron chi connectivity index (χ2n) is 8.05. The predicted octanol–water partition coefficient (Wildman–Crippen LogP) is 2.69. The third-order valence-electron chi connectivity index (χ3n) is 6.26. The van der Waals surface area contributed by atoms with Crippen LogP contribution in [0.3, 0.4) is 0 Å². The van der Waals surface area contributed by atoms with Gasteiger partial charge >= 0.3 is 0 Å². The van der Waals surface area contributed by atoms with Crippen molar-refractivity contribution in [2.45, 2.75) is 50.9 Å². The summed E-state index contributed by atoms with van der Waals surface area (Å²) in [4.78, 5) is 14.3. The molecule has 3 fully saturated rings. The normalized spacial score (nSPS) is 32.9. The number of rotatable bonds is 8. The predicted molar refractivity (Wildman–Crippen MR) is 103 cm³/mol. The standard InChI is InChI=1S/C20H30N2O3S/c1-3-4-14-5-6-15(24-14)10-22-11-17-16(9-21-19(23)12-26-2)18-7-8-20(17,13-22)25-18/h5-6,16-18H,3-4,7-13H2,1-2H3,(H,21,23)/t16-,17+,18+,20+/m0/s1. The van der Waals surface area contributed by atoms with Crippen LogP contribution in [0.1, 0.15) is 37.7 Å². The minimum absolute atomic E-state index is 0.0123. The Balaban J connectivity index is 1.37. The molecule has 0 saturated carbocycles. The Morgan fingerprint density at radius 3 is 3.08 bits per heavy atom. The molecular weight excluding hydrogens is 348 g/mol. The number of thioether (sulfide) groups is 1. The molecule has 144 valence electrons. The smallest absolute Gasteiger partial charge is 0.229 e. The molecule has 1 amide bonds. The largest absolute Gasteiger partial charge is 0.465 e. The van der Waals surface area contributed by atoms with Gasteiger partial charge in [-0.05, 0) is 37.7 Å². The van der Waals surface area contributed by atoms with Gasteiger partial charge in [-0.1, -0.05) is 6.92 Å². The van der Waals surface area contributed by atoms with Gasteiger partial charge in [0.05, 0.1) is 24.0 Å². The first kappa shape index (κ1) is 18.4. The number of hydrogen-bond acceptors (Lipinski definition) is 5. The molecule has 1 aromatic heterocycles. The van der Waals surface area contributed by atoms with Crippen molar-refractivity contribution in [1.29, 1.82) is 0 Å². The van der Waals surface area contributed by atoms with E-state index in [1.807, 2.05) is 6.26 Å². The van der Waals surface area contributed by atoms with Crippen LogP contribution in [-0.4, -0.2) is 54.2 Å². The molecule has 4 rings (SSSR count). The zero-order chi connectivity index (χ0) is 18.1. The first-order valence-electron chi connectivity index (χ1n) is 9.87. The molecule has 4 heterocycles. The third kappa shape index (κ3) is 3.43. The zero-order valence-electron chi connectivity index (χ0n) is 15.8. The van der Waals surface area contributed by atoms with Gasteiger partial charge in [-0.15, -0.1) is 0 Å². The van der Waals surface area contributed by atoms with Crippen LogP contribution >= 0.6 is 11.8 Å². The van der Waals surface area contributed by atoms with Crippen LogP contribution in [-0.2, 0) is 22.5 Å². The lowest BCUT2D eigenvalue weighted by molar-refractivity contribution is -0.118. The number of ether oxygens (including phenoxy) is 1. The number of nitrogens with one attached hydrogen (secondary N) is 1. The number of aryl methyl sites for hydroxylation is 1. The van der Waals surface area contributed by atoms with E-state index >= 15 is 0 Å². The summed E-state index contributed by atoms with van der Waals surface area (Å²) in [5.74, 6) is 3.81. The number of furan rings is 1. The molecule has 6 heteroatoms. The van der Waals surface area contributed by atoms with Crippen LogP contribution in [0.5, 0.6) is 0 Å². The Kier molecular flexibility index (Phi) is 5.35. The van der Waals surface area contributed by atoms with E-state index < -0.39 is 0 Å². The first-order valence-corrected chi connectivity index (χ1v) is 11.3. The number of carbonyl (C=O) groups excluding carboxylic acids is 1. The summed E-state index contributed by atoms with van der Waals surface area (Å²) in [6.45, 7) is 5.83. The molecule has 3 aliphatic rings. The molecule has 0 aliphatic carbocycles. The van der Waals surface area contributed by atoms with E-state index in [1.165, 1.54) is 0 Å². The van der Waals surface area contributed by atoms with Crippen LogP contribution in [0.15, 0.2) is 16.5 Å². The van der Waals surface area contributed by atoms with Crippen molar-refractivity contribution in [3.05, 3.63) is 23.7 Å². The van der Waals surface area contributed by atoms with Crippen molar-refractivity contribution >= 4 is 17.7 Å². The minimum atomic E-state index is 0.0123. The molecule has 5 nitrogen and oxygen atoms in total. The third-order valence-corrected chi connectivity index (χ3v) is 6.81. The Morgan fingerprint density at radius 1 is 1.42 bits per heavy atom. The van der Waals surface area contributed by atoms with E-state index in [0.29, 0.717) is 23.7 Å². The summed E-state index contributed by atoms with van der Waals surface area (Å²) in [5.41, 5.74) is 0.0123. The summed E-state index contributed by atoms with van der Waals surface area (Å²) in [6.07, 6.45) is 6.71. The van der Waals surface area contributed by atoms with E-state index in [-0.39, 0.29) is 11.5 Å². The van der Waals surface area contributed by atoms with Gasteiger partial charge in [-0.3, -0.25) is 9.69 Å². The highest BCUT2D eigenvalue weighted by molar-refractivity contribution is 7.99. The van der Waals surface area contributed by atoms with Crippen molar-refractivity contribution in [1.82, 2.24) is 10.2 Å². The van der Waals surface area contributed by atoms with Crippen LogP contribution < -0.4 is 5.32 Å². The van der Waals surface area contributed by atoms with E-state index in [1.54, 1.807) is 11.8 Å². The highest BCUT2D eigenvalue weighted by Gasteiger charge is 2.62. The van der Waals surface area contributed by atoms with Crippen LogP contribution in [0, 0.1) is 11.8 Å². The number of carbonyl (C=O) groups is 1.